The first-order valence-corrected chi connectivity index (χ1v) is 9.62. The average molecular weight is 375 g/mol. The fraction of sp³-hybridized carbons (Fsp3) is 0.474. The summed E-state index contributed by atoms with van der Waals surface area (Å²) in [5.74, 6) is 1.67. The Hall–Kier alpha value is -2.12. The van der Waals surface area contributed by atoms with E-state index in [0.717, 1.165) is 35.9 Å². The molecule has 0 bridgehead atoms. The molecular weight excluding hydrogens is 350 g/mol. The van der Waals surface area contributed by atoms with Gasteiger partial charge in [-0.1, -0.05) is 0 Å². The smallest absolute Gasteiger partial charge is 0.273 e. The number of benzene rings is 1. The molecule has 0 aliphatic carbocycles. The molecule has 140 valence electrons. The molecule has 7 heteroatoms. The van der Waals surface area contributed by atoms with Crippen molar-refractivity contribution in [3.63, 3.8) is 0 Å². The standard InChI is InChI=1S/C19H25N3O3S/c1-21(2)12-18-20-17(13-26-18)19(23)22-10-8-16(9-11-22)25-15-6-4-14(24-3)5-7-15/h4-7,13,16H,8-12H2,1-3H3. The number of ether oxygens (including phenoxy) is 2. The molecule has 1 saturated heterocycles. The lowest BCUT2D eigenvalue weighted by Gasteiger charge is -2.31. The van der Waals surface area contributed by atoms with Gasteiger partial charge in [-0.25, -0.2) is 4.98 Å². The van der Waals surface area contributed by atoms with Gasteiger partial charge < -0.3 is 19.3 Å². The molecule has 0 atom stereocenters. The van der Waals surface area contributed by atoms with Gasteiger partial charge in [0.2, 0.25) is 0 Å². The van der Waals surface area contributed by atoms with Gasteiger partial charge in [-0.05, 0) is 38.4 Å². The second-order valence-electron chi connectivity index (χ2n) is 6.65. The lowest BCUT2D eigenvalue weighted by Crippen LogP contribution is -2.41. The topological polar surface area (TPSA) is 54.9 Å². The summed E-state index contributed by atoms with van der Waals surface area (Å²) in [6.45, 7) is 2.15. The Kier molecular flexibility index (Phi) is 6.11. The van der Waals surface area contributed by atoms with E-state index in [1.807, 2.05) is 48.6 Å². The Labute approximate surface area is 158 Å². The maximum atomic E-state index is 12.6. The lowest BCUT2D eigenvalue weighted by molar-refractivity contribution is 0.0590. The van der Waals surface area contributed by atoms with Crippen molar-refractivity contribution in [3.05, 3.63) is 40.3 Å². The highest BCUT2D eigenvalue weighted by Gasteiger charge is 2.26. The molecular formula is C19H25N3O3S. The van der Waals surface area contributed by atoms with Crippen molar-refractivity contribution in [3.8, 4) is 11.5 Å². The number of likely N-dealkylation sites (tertiary alicyclic amines) is 1. The zero-order chi connectivity index (χ0) is 18.5. The number of methoxy groups -OCH3 is 1. The summed E-state index contributed by atoms with van der Waals surface area (Å²) in [6.07, 6.45) is 1.78. The number of rotatable bonds is 6. The van der Waals surface area contributed by atoms with Crippen LogP contribution in [0.5, 0.6) is 11.5 Å². The molecule has 0 radical (unpaired) electrons. The minimum Gasteiger partial charge on any atom is -0.497 e. The van der Waals surface area contributed by atoms with Crippen LogP contribution in [0.4, 0.5) is 0 Å². The van der Waals surface area contributed by atoms with Crippen molar-refractivity contribution >= 4 is 17.2 Å². The summed E-state index contributed by atoms with van der Waals surface area (Å²) >= 11 is 1.54. The fourth-order valence-electron chi connectivity index (χ4n) is 2.94. The molecule has 0 saturated carbocycles. The summed E-state index contributed by atoms with van der Waals surface area (Å²) in [6, 6.07) is 7.61. The second kappa shape index (κ2) is 8.51. The minimum absolute atomic E-state index is 0.0224. The predicted molar refractivity (Wildman–Crippen MR) is 102 cm³/mol. The van der Waals surface area contributed by atoms with Crippen LogP contribution in [0.2, 0.25) is 0 Å². The summed E-state index contributed by atoms with van der Waals surface area (Å²) in [5.41, 5.74) is 0.557. The van der Waals surface area contributed by atoms with E-state index in [-0.39, 0.29) is 12.0 Å². The molecule has 1 amide bonds. The van der Waals surface area contributed by atoms with Crippen LogP contribution in [-0.2, 0) is 6.54 Å². The third-order valence-electron chi connectivity index (χ3n) is 4.31. The van der Waals surface area contributed by atoms with Gasteiger partial charge in [0.25, 0.3) is 5.91 Å². The Bertz CT molecular complexity index is 722. The number of thiazole rings is 1. The predicted octanol–water partition coefficient (Wildman–Crippen LogP) is 2.90. The van der Waals surface area contributed by atoms with Gasteiger partial charge >= 0.3 is 0 Å². The van der Waals surface area contributed by atoms with Gasteiger partial charge in [0.15, 0.2) is 0 Å². The van der Waals surface area contributed by atoms with Gasteiger partial charge in [-0.3, -0.25) is 4.79 Å². The molecule has 1 aromatic heterocycles. The highest BCUT2D eigenvalue weighted by Crippen LogP contribution is 2.23. The number of piperidine rings is 1. The Balaban J connectivity index is 1.51. The number of carbonyl (C=O) groups excluding carboxylic acids is 1. The SMILES string of the molecule is COc1ccc(OC2CCN(C(=O)c3csc(CN(C)C)n3)CC2)cc1. The lowest BCUT2D eigenvalue weighted by atomic mass is 10.1. The van der Waals surface area contributed by atoms with Crippen molar-refractivity contribution < 1.29 is 14.3 Å². The quantitative estimate of drug-likeness (QED) is 0.777. The minimum atomic E-state index is 0.0224. The van der Waals surface area contributed by atoms with E-state index in [9.17, 15) is 4.79 Å². The maximum absolute atomic E-state index is 12.6. The van der Waals surface area contributed by atoms with Crippen LogP contribution in [0.1, 0.15) is 28.3 Å². The van der Waals surface area contributed by atoms with E-state index < -0.39 is 0 Å². The Morgan fingerprint density at radius 3 is 2.50 bits per heavy atom. The summed E-state index contributed by atoms with van der Waals surface area (Å²) in [5, 5.41) is 2.83. The van der Waals surface area contributed by atoms with Gasteiger partial charge in [0.05, 0.1) is 7.11 Å². The van der Waals surface area contributed by atoms with Crippen LogP contribution in [0.15, 0.2) is 29.6 Å². The molecule has 0 unspecified atom stereocenters. The van der Waals surface area contributed by atoms with Crippen LogP contribution >= 0.6 is 11.3 Å². The number of nitrogens with zero attached hydrogens (tertiary/aromatic N) is 3. The number of aromatic nitrogens is 1. The zero-order valence-electron chi connectivity index (χ0n) is 15.5. The van der Waals surface area contributed by atoms with Gasteiger partial charge in [0.1, 0.15) is 28.3 Å². The van der Waals surface area contributed by atoms with Crippen LogP contribution < -0.4 is 9.47 Å². The molecule has 6 nitrogen and oxygen atoms in total. The molecule has 2 aromatic rings. The van der Waals surface area contributed by atoms with Crippen LogP contribution in [0, 0.1) is 0 Å². The molecule has 26 heavy (non-hydrogen) atoms. The molecule has 0 spiro atoms. The average Bonchev–Trinajstić information content (AvgIpc) is 3.10. The van der Waals surface area contributed by atoms with E-state index in [2.05, 4.69) is 9.88 Å². The van der Waals surface area contributed by atoms with Crippen molar-refractivity contribution in [1.29, 1.82) is 0 Å². The highest BCUT2D eigenvalue weighted by molar-refractivity contribution is 7.09. The van der Waals surface area contributed by atoms with E-state index >= 15 is 0 Å². The Morgan fingerprint density at radius 1 is 1.23 bits per heavy atom. The van der Waals surface area contributed by atoms with E-state index in [0.29, 0.717) is 18.8 Å². The van der Waals surface area contributed by atoms with Gasteiger partial charge in [-0.15, -0.1) is 11.3 Å². The van der Waals surface area contributed by atoms with Crippen LogP contribution in [-0.4, -0.2) is 61.1 Å². The third kappa shape index (κ3) is 4.74. The zero-order valence-corrected chi connectivity index (χ0v) is 16.3. The summed E-state index contributed by atoms with van der Waals surface area (Å²) in [7, 11) is 5.64. The van der Waals surface area contributed by atoms with E-state index in [1.165, 1.54) is 0 Å². The highest BCUT2D eigenvalue weighted by atomic mass is 32.1. The Morgan fingerprint density at radius 2 is 1.88 bits per heavy atom. The first-order chi connectivity index (χ1) is 12.5. The van der Waals surface area contributed by atoms with E-state index in [1.54, 1.807) is 18.4 Å². The second-order valence-corrected chi connectivity index (χ2v) is 7.59. The molecule has 3 rings (SSSR count). The normalized spacial score (nSPS) is 15.3. The first kappa shape index (κ1) is 18.7. The molecule has 1 fully saturated rings. The first-order valence-electron chi connectivity index (χ1n) is 8.74. The van der Waals surface area contributed by atoms with Crippen molar-refractivity contribution in [1.82, 2.24) is 14.8 Å². The molecule has 1 aliphatic rings. The molecule has 1 aromatic carbocycles. The molecule has 2 heterocycles. The molecule has 0 N–H and O–H groups in total. The van der Waals surface area contributed by atoms with Gasteiger partial charge in [0, 0.05) is 37.9 Å². The van der Waals surface area contributed by atoms with Gasteiger partial charge in [-0.2, -0.15) is 0 Å². The largest absolute Gasteiger partial charge is 0.497 e. The van der Waals surface area contributed by atoms with Crippen molar-refractivity contribution in [2.24, 2.45) is 0 Å². The van der Waals surface area contributed by atoms with Crippen molar-refractivity contribution in [2.75, 3.05) is 34.3 Å². The number of amides is 1. The monoisotopic (exact) mass is 375 g/mol. The maximum Gasteiger partial charge on any atom is 0.273 e. The van der Waals surface area contributed by atoms with Crippen LogP contribution in [0.3, 0.4) is 0 Å². The van der Waals surface area contributed by atoms with E-state index in [4.69, 9.17) is 9.47 Å². The van der Waals surface area contributed by atoms with Crippen molar-refractivity contribution in [2.45, 2.75) is 25.5 Å². The fourth-order valence-corrected chi connectivity index (χ4v) is 3.82. The number of carbonyl (C=O) groups is 1. The number of hydrogen-bond acceptors (Lipinski definition) is 6. The number of hydrogen-bond donors (Lipinski definition) is 0. The van der Waals surface area contributed by atoms with Crippen LogP contribution in [0.25, 0.3) is 0 Å². The third-order valence-corrected chi connectivity index (χ3v) is 5.15. The summed E-state index contributed by atoms with van der Waals surface area (Å²) < 4.78 is 11.2. The molecule has 1 aliphatic heterocycles. The summed E-state index contributed by atoms with van der Waals surface area (Å²) in [4.78, 5) is 21.0.